The third-order valence-electron chi connectivity index (χ3n) is 4.44. The first-order valence-corrected chi connectivity index (χ1v) is 10.6. The Bertz CT molecular complexity index is 854. The molecule has 2 amide bonds. The van der Waals surface area contributed by atoms with Crippen molar-refractivity contribution in [2.45, 2.75) is 52.2 Å². The maximum absolute atomic E-state index is 13.2. The summed E-state index contributed by atoms with van der Waals surface area (Å²) in [5.41, 5.74) is 1.56. The number of rotatable bonds is 8. The number of hydrogen-bond donors (Lipinski definition) is 1. The molecule has 0 spiro atoms. The number of benzene rings is 2. The van der Waals surface area contributed by atoms with Gasteiger partial charge in [0.15, 0.2) is 0 Å². The number of halogens is 3. The highest BCUT2D eigenvalue weighted by Gasteiger charge is 2.29. The van der Waals surface area contributed by atoms with E-state index in [9.17, 15) is 9.59 Å². The smallest absolute Gasteiger partial charge is 0.243 e. The molecule has 0 aliphatic rings. The van der Waals surface area contributed by atoms with Crippen molar-refractivity contribution < 1.29 is 9.59 Å². The summed E-state index contributed by atoms with van der Waals surface area (Å²) in [6, 6.07) is 11.6. The Morgan fingerprint density at radius 2 is 1.62 bits per heavy atom. The number of nitrogens with one attached hydrogen (secondary N) is 1. The van der Waals surface area contributed by atoms with E-state index in [1.165, 1.54) is 0 Å². The van der Waals surface area contributed by atoms with Gasteiger partial charge in [0.2, 0.25) is 11.8 Å². The first-order valence-electron chi connectivity index (χ1n) is 9.49. The summed E-state index contributed by atoms with van der Waals surface area (Å²) >= 11 is 18.3. The minimum atomic E-state index is -0.607. The van der Waals surface area contributed by atoms with Crippen LogP contribution in [0.4, 0.5) is 0 Å². The van der Waals surface area contributed by atoms with E-state index in [2.05, 4.69) is 5.32 Å². The molecule has 0 bridgehead atoms. The van der Waals surface area contributed by atoms with Crippen molar-refractivity contribution >= 4 is 46.6 Å². The summed E-state index contributed by atoms with van der Waals surface area (Å²) in [7, 11) is 0. The van der Waals surface area contributed by atoms with Crippen LogP contribution in [0.5, 0.6) is 0 Å². The van der Waals surface area contributed by atoms with Crippen LogP contribution in [0.25, 0.3) is 0 Å². The lowest BCUT2D eigenvalue weighted by Gasteiger charge is -2.31. The van der Waals surface area contributed by atoms with Crippen molar-refractivity contribution in [3.05, 3.63) is 68.7 Å². The Hall–Kier alpha value is -1.75. The van der Waals surface area contributed by atoms with Crippen LogP contribution in [0.1, 0.15) is 38.3 Å². The minimum Gasteiger partial charge on any atom is -0.352 e. The van der Waals surface area contributed by atoms with Crippen LogP contribution in [-0.4, -0.2) is 28.8 Å². The minimum absolute atomic E-state index is 0.0242. The summed E-state index contributed by atoms with van der Waals surface area (Å²) < 4.78 is 0. The van der Waals surface area contributed by atoms with Gasteiger partial charge in [0.05, 0.1) is 6.42 Å². The number of amides is 2. The van der Waals surface area contributed by atoms with Crippen molar-refractivity contribution in [1.82, 2.24) is 10.2 Å². The Morgan fingerprint density at radius 1 is 1.00 bits per heavy atom. The predicted molar refractivity (Wildman–Crippen MR) is 120 cm³/mol. The largest absolute Gasteiger partial charge is 0.352 e. The number of carbonyl (C=O) groups is 2. The van der Waals surface area contributed by atoms with Crippen LogP contribution in [0.3, 0.4) is 0 Å². The van der Waals surface area contributed by atoms with E-state index in [0.29, 0.717) is 21.5 Å². The molecule has 1 N–H and O–H groups in total. The lowest BCUT2D eigenvalue weighted by Crippen LogP contribution is -2.50. The van der Waals surface area contributed by atoms with Gasteiger partial charge in [0, 0.05) is 27.7 Å². The van der Waals surface area contributed by atoms with Crippen LogP contribution in [0.15, 0.2) is 42.5 Å². The molecule has 0 radical (unpaired) electrons. The quantitative estimate of drug-likeness (QED) is 0.569. The zero-order valence-electron chi connectivity index (χ0n) is 16.7. The fourth-order valence-corrected chi connectivity index (χ4v) is 3.61. The highest BCUT2D eigenvalue weighted by molar-refractivity contribution is 6.35. The molecule has 0 aliphatic heterocycles. The molecule has 0 unspecified atom stereocenters. The van der Waals surface area contributed by atoms with Gasteiger partial charge in [-0.05, 0) is 55.7 Å². The highest BCUT2D eigenvalue weighted by Crippen LogP contribution is 2.24. The zero-order chi connectivity index (χ0) is 21.6. The van der Waals surface area contributed by atoms with Crippen LogP contribution >= 0.6 is 34.8 Å². The average Bonchev–Trinajstić information content (AvgIpc) is 2.64. The van der Waals surface area contributed by atoms with E-state index in [1.54, 1.807) is 35.2 Å². The maximum Gasteiger partial charge on any atom is 0.243 e. The van der Waals surface area contributed by atoms with E-state index in [4.69, 9.17) is 34.8 Å². The lowest BCUT2D eigenvalue weighted by molar-refractivity contribution is -0.141. The molecule has 4 nitrogen and oxygen atoms in total. The van der Waals surface area contributed by atoms with Gasteiger partial charge >= 0.3 is 0 Å². The first-order chi connectivity index (χ1) is 13.7. The third-order valence-corrected chi connectivity index (χ3v) is 5.28. The van der Waals surface area contributed by atoms with Crippen LogP contribution in [0, 0.1) is 0 Å². The van der Waals surface area contributed by atoms with Gasteiger partial charge in [-0.25, -0.2) is 0 Å². The Kier molecular flexibility index (Phi) is 8.81. The Balaban J connectivity index is 2.33. The topological polar surface area (TPSA) is 49.4 Å². The van der Waals surface area contributed by atoms with Gasteiger partial charge in [-0.3, -0.25) is 9.59 Å². The van der Waals surface area contributed by atoms with Crippen molar-refractivity contribution in [3.63, 3.8) is 0 Å². The second-order valence-corrected chi connectivity index (χ2v) is 8.43. The molecule has 0 heterocycles. The maximum atomic E-state index is 13.2. The van der Waals surface area contributed by atoms with E-state index in [-0.39, 0.29) is 30.8 Å². The third kappa shape index (κ3) is 6.91. The van der Waals surface area contributed by atoms with Crippen molar-refractivity contribution in [2.75, 3.05) is 0 Å². The van der Waals surface area contributed by atoms with Crippen molar-refractivity contribution in [1.29, 1.82) is 0 Å². The number of hydrogen-bond acceptors (Lipinski definition) is 2. The summed E-state index contributed by atoms with van der Waals surface area (Å²) in [5, 5.41) is 4.49. The summed E-state index contributed by atoms with van der Waals surface area (Å²) in [4.78, 5) is 27.6. The second-order valence-electron chi connectivity index (χ2n) is 7.15. The molecule has 0 fully saturated rings. The van der Waals surface area contributed by atoms with Crippen molar-refractivity contribution in [3.8, 4) is 0 Å². The molecule has 0 aromatic heterocycles. The van der Waals surface area contributed by atoms with Gasteiger partial charge in [0.1, 0.15) is 6.04 Å². The number of carbonyl (C=O) groups excluding carboxylic acids is 2. The fourth-order valence-electron chi connectivity index (χ4n) is 3.01. The lowest BCUT2D eigenvalue weighted by atomic mass is 10.1. The zero-order valence-corrected chi connectivity index (χ0v) is 19.0. The Morgan fingerprint density at radius 3 is 2.17 bits per heavy atom. The molecule has 156 valence electrons. The molecule has 1 atom stereocenters. The summed E-state index contributed by atoms with van der Waals surface area (Å²) in [5.74, 6) is -0.346. The molecule has 0 aliphatic carbocycles. The SMILES string of the molecule is CC[C@@H](C(=O)NC(C)C)N(Cc1ccc(Cl)cc1Cl)C(=O)Cc1ccc(Cl)cc1. The van der Waals surface area contributed by atoms with Gasteiger partial charge < -0.3 is 10.2 Å². The molecule has 2 rings (SSSR count). The van der Waals surface area contributed by atoms with Crippen molar-refractivity contribution in [2.24, 2.45) is 0 Å². The van der Waals surface area contributed by atoms with Crippen LogP contribution in [0.2, 0.25) is 15.1 Å². The van der Waals surface area contributed by atoms with Gasteiger partial charge in [-0.15, -0.1) is 0 Å². The summed E-state index contributed by atoms with van der Waals surface area (Å²) in [6.07, 6.45) is 0.643. The average molecular weight is 456 g/mol. The molecule has 7 heteroatoms. The van der Waals surface area contributed by atoms with Gasteiger partial charge in [-0.1, -0.05) is 59.9 Å². The Labute approximate surface area is 187 Å². The molecule has 29 heavy (non-hydrogen) atoms. The highest BCUT2D eigenvalue weighted by atomic mass is 35.5. The standard InChI is InChI=1S/C22H25Cl3N2O2/c1-4-20(22(29)26-14(2)3)27(13-16-7-10-18(24)12-19(16)25)21(28)11-15-5-8-17(23)9-6-15/h5-10,12,14,20H,4,11,13H2,1-3H3,(H,26,29)/t20-/m0/s1. The van der Waals surface area contributed by atoms with E-state index in [1.807, 2.05) is 32.9 Å². The van der Waals surface area contributed by atoms with Crippen LogP contribution < -0.4 is 5.32 Å². The van der Waals surface area contributed by atoms with E-state index >= 15 is 0 Å². The first kappa shape index (κ1) is 23.5. The normalized spacial score (nSPS) is 12.0. The second kappa shape index (κ2) is 10.9. The molecular formula is C22H25Cl3N2O2. The monoisotopic (exact) mass is 454 g/mol. The van der Waals surface area contributed by atoms with E-state index in [0.717, 1.165) is 11.1 Å². The summed E-state index contributed by atoms with van der Waals surface area (Å²) in [6.45, 7) is 5.88. The van der Waals surface area contributed by atoms with Gasteiger partial charge in [0.25, 0.3) is 0 Å². The number of nitrogens with zero attached hydrogens (tertiary/aromatic N) is 1. The molecular weight excluding hydrogens is 431 g/mol. The molecule has 0 saturated carbocycles. The van der Waals surface area contributed by atoms with Crippen LogP contribution in [-0.2, 0) is 22.6 Å². The molecule has 2 aromatic rings. The fraction of sp³-hybridized carbons (Fsp3) is 0.364. The predicted octanol–water partition coefficient (Wildman–Crippen LogP) is 5.52. The molecule has 0 saturated heterocycles. The van der Waals surface area contributed by atoms with E-state index < -0.39 is 6.04 Å². The van der Waals surface area contributed by atoms with Gasteiger partial charge in [-0.2, -0.15) is 0 Å². The molecule has 2 aromatic carbocycles.